The molecule has 23 heavy (non-hydrogen) atoms. The summed E-state index contributed by atoms with van der Waals surface area (Å²) in [6, 6.07) is 6.46. The Labute approximate surface area is 150 Å². The topological polar surface area (TPSA) is 35.6 Å². The molecule has 0 spiro atoms. The number of benzene rings is 1. The van der Waals surface area contributed by atoms with Crippen molar-refractivity contribution < 1.29 is 9.18 Å². The molecule has 1 aromatic rings. The average Bonchev–Trinajstić information content (AvgIpc) is 2.52. The maximum absolute atomic E-state index is 13.4. The van der Waals surface area contributed by atoms with Crippen molar-refractivity contribution in [1.29, 1.82) is 0 Å². The normalized spacial score (nSPS) is 17.4. The van der Waals surface area contributed by atoms with Crippen molar-refractivity contribution in [2.75, 3.05) is 39.3 Å². The third kappa shape index (κ3) is 5.92. The molecule has 4 nitrogen and oxygen atoms in total. The zero-order valence-corrected chi connectivity index (χ0v) is 15.3. The minimum Gasteiger partial charge on any atom is -0.332 e. The van der Waals surface area contributed by atoms with E-state index < -0.39 is 0 Å². The van der Waals surface area contributed by atoms with Gasteiger partial charge in [-0.05, 0) is 30.8 Å². The summed E-state index contributed by atoms with van der Waals surface area (Å²) in [6.45, 7) is 8.39. The van der Waals surface area contributed by atoms with E-state index in [1.165, 1.54) is 12.1 Å². The number of rotatable bonds is 5. The first-order valence-corrected chi connectivity index (χ1v) is 7.63. The Balaban J connectivity index is 0.00000242. The largest absolute Gasteiger partial charge is 0.332 e. The summed E-state index contributed by atoms with van der Waals surface area (Å²) in [4.78, 5) is 16.5. The van der Waals surface area contributed by atoms with Gasteiger partial charge in [0.15, 0.2) is 0 Å². The number of amides is 1. The lowest BCUT2D eigenvalue weighted by Crippen LogP contribution is -2.51. The molecule has 1 aliphatic rings. The van der Waals surface area contributed by atoms with E-state index in [0.717, 1.165) is 25.2 Å². The number of piperazine rings is 1. The van der Waals surface area contributed by atoms with Crippen molar-refractivity contribution in [3.8, 4) is 0 Å². The van der Waals surface area contributed by atoms with Gasteiger partial charge in [0, 0.05) is 19.6 Å². The lowest BCUT2D eigenvalue weighted by molar-refractivity contribution is -0.135. The third-order valence-corrected chi connectivity index (χ3v) is 4.05. The van der Waals surface area contributed by atoms with E-state index in [9.17, 15) is 9.18 Å². The molecule has 1 aromatic carbocycles. The maximum Gasteiger partial charge on any atom is 0.237 e. The van der Waals surface area contributed by atoms with Gasteiger partial charge in [0.1, 0.15) is 5.82 Å². The highest BCUT2D eigenvalue weighted by atomic mass is 35.5. The Bertz CT molecular complexity index is 486. The summed E-state index contributed by atoms with van der Waals surface area (Å²) >= 11 is 0. The third-order valence-electron chi connectivity index (χ3n) is 4.05. The molecule has 0 aromatic heterocycles. The van der Waals surface area contributed by atoms with E-state index in [1.54, 1.807) is 6.07 Å². The molecule has 1 amide bonds. The minimum absolute atomic E-state index is 0. The molecule has 7 heteroatoms. The Morgan fingerprint density at radius 2 is 2.04 bits per heavy atom. The molecule has 1 N–H and O–H groups in total. The minimum atomic E-state index is -0.255. The van der Waals surface area contributed by atoms with Crippen LogP contribution in [0.4, 0.5) is 4.39 Å². The molecule has 132 valence electrons. The molecule has 2 rings (SSSR count). The van der Waals surface area contributed by atoms with Crippen LogP contribution >= 0.6 is 24.8 Å². The van der Waals surface area contributed by atoms with Gasteiger partial charge in [-0.1, -0.05) is 26.0 Å². The summed E-state index contributed by atoms with van der Waals surface area (Å²) < 4.78 is 13.4. The number of hydrogen-bond acceptors (Lipinski definition) is 3. The molecule has 1 unspecified atom stereocenters. The smallest absolute Gasteiger partial charge is 0.237 e. The van der Waals surface area contributed by atoms with Crippen LogP contribution < -0.4 is 5.32 Å². The van der Waals surface area contributed by atoms with E-state index in [4.69, 9.17) is 0 Å². The van der Waals surface area contributed by atoms with Gasteiger partial charge in [-0.3, -0.25) is 9.69 Å². The molecule has 0 saturated carbocycles. The van der Waals surface area contributed by atoms with Crippen molar-refractivity contribution in [2.24, 2.45) is 0 Å². The molecule has 1 fully saturated rings. The molecule has 0 aliphatic carbocycles. The monoisotopic (exact) mass is 365 g/mol. The molecule has 0 radical (unpaired) electrons. The van der Waals surface area contributed by atoms with Gasteiger partial charge >= 0.3 is 0 Å². The van der Waals surface area contributed by atoms with Crippen LogP contribution in [0.25, 0.3) is 0 Å². The van der Waals surface area contributed by atoms with Crippen LogP contribution in [0, 0.1) is 5.82 Å². The van der Waals surface area contributed by atoms with Crippen LogP contribution in [-0.4, -0.2) is 55.0 Å². The number of carbonyl (C=O) groups excluding carboxylic acids is 1. The average molecular weight is 366 g/mol. The van der Waals surface area contributed by atoms with E-state index in [2.05, 4.69) is 24.1 Å². The SMILES string of the molecule is CCN(CC)CC(=O)N1CCNCC1c1cccc(F)c1.Cl.Cl. The van der Waals surface area contributed by atoms with Crippen LogP contribution in [0.3, 0.4) is 0 Å². The molecule has 1 atom stereocenters. The van der Waals surface area contributed by atoms with Crippen molar-refractivity contribution in [3.63, 3.8) is 0 Å². The molecule has 1 saturated heterocycles. The highest BCUT2D eigenvalue weighted by molar-refractivity contribution is 5.85. The van der Waals surface area contributed by atoms with E-state index in [1.807, 2.05) is 11.0 Å². The van der Waals surface area contributed by atoms with Crippen LogP contribution in [0.1, 0.15) is 25.5 Å². The molecule has 1 aliphatic heterocycles. The molecular weight excluding hydrogens is 340 g/mol. The highest BCUT2D eigenvalue weighted by Crippen LogP contribution is 2.23. The number of carbonyl (C=O) groups is 1. The van der Waals surface area contributed by atoms with Crippen molar-refractivity contribution >= 4 is 30.7 Å². The standard InChI is InChI=1S/C16H24FN3O.2ClH/c1-3-19(4-2)12-16(21)20-9-8-18-11-15(20)13-6-5-7-14(17)10-13;;/h5-7,10,15,18H,3-4,8-9,11-12H2,1-2H3;2*1H. The fraction of sp³-hybridized carbons (Fsp3) is 0.562. The lowest BCUT2D eigenvalue weighted by atomic mass is 10.0. The van der Waals surface area contributed by atoms with Gasteiger partial charge in [0.25, 0.3) is 0 Å². The van der Waals surface area contributed by atoms with Gasteiger partial charge in [-0.15, -0.1) is 24.8 Å². The van der Waals surface area contributed by atoms with E-state index >= 15 is 0 Å². The maximum atomic E-state index is 13.4. The zero-order valence-electron chi connectivity index (χ0n) is 13.6. The highest BCUT2D eigenvalue weighted by Gasteiger charge is 2.28. The van der Waals surface area contributed by atoms with Gasteiger partial charge in [-0.25, -0.2) is 4.39 Å². The predicted molar refractivity (Wildman–Crippen MR) is 96.0 cm³/mol. The van der Waals surface area contributed by atoms with Crippen molar-refractivity contribution in [2.45, 2.75) is 19.9 Å². The van der Waals surface area contributed by atoms with Crippen LogP contribution in [0.2, 0.25) is 0 Å². The summed E-state index contributed by atoms with van der Waals surface area (Å²) in [5.41, 5.74) is 0.857. The van der Waals surface area contributed by atoms with Crippen LogP contribution in [-0.2, 0) is 4.79 Å². The predicted octanol–water partition coefficient (Wildman–Crippen LogP) is 2.48. The number of nitrogens with zero attached hydrogens (tertiary/aromatic N) is 2. The number of likely N-dealkylation sites (N-methyl/N-ethyl adjacent to an activating group) is 1. The van der Waals surface area contributed by atoms with Crippen molar-refractivity contribution in [3.05, 3.63) is 35.6 Å². The van der Waals surface area contributed by atoms with Gasteiger partial charge in [0.2, 0.25) is 5.91 Å². The lowest BCUT2D eigenvalue weighted by Gasteiger charge is -2.37. The molecule has 0 bridgehead atoms. The number of halogens is 3. The fourth-order valence-corrected chi connectivity index (χ4v) is 2.74. The number of nitrogens with one attached hydrogen (secondary N) is 1. The van der Waals surface area contributed by atoms with Gasteiger partial charge in [0.05, 0.1) is 12.6 Å². The second kappa shape index (κ2) is 10.8. The second-order valence-electron chi connectivity index (χ2n) is 5.32. The summed E-state index contributed by atoms with van der Waals surface area (Å²) in [6.07, 6.45) is 0. The van der Waals surface area contributed by atoms with E-state index in [0.29, 0.717) is 19.6 Å². The Morgan fingerprint density at radius 3 is 2.65 bits per heavy atom. The number of hydrogen-bond donors (Lipinski definition) is 1. The Hall–Kier alpha value is -0.880. The first kappa shape index (κ1) is 22.1. The first-order valence-electron chi connectivity index (χ1n) is 7.63. The second-order valence-corrected chi connectivity index (χ2v) is 5.32. The van der Waals surface area contributed by atoms with Gasteiger partial charge < -0.3 is 10.2 Å². The summed E-state index contributed by atoms with van der Waals surface area (Å²) in [5.74, 6) is -0.135. The summed E-state index contributed by atoms with van der Waals surface area (Å²) in [7, 11) is 0. The quantitative estimate of drug-likeness (QED) is 0.870. The molecule has 1 heterocycles. The Kier molecular flexibility index (Phi) is 10.4. The molecular formula is C16H26Cl2FN3O. The summed E-state index contributed by atoms with van der Waals surface area (Å²) in [5, 5.41) is 3.29. The Morgan fingerprint density at radius 1 is 1.35 bits per heavy atom. The van der Waals surface area contributed by atoms with Crippen molar-refractivity contribution in [1.82, 2.24) is 15.1 Å². The zero-order chi connectivity index (χ0) is 15.2. The van der Waals surface area contributed by atoms with Crippen LogP contribution in [0.5, 0.6) is 0 Å². The van der Waals surface area contributed by atoms with Gasteiger partial charge in [-0.2, -0.15) is 0 Å². The van der Waals surface area contributed by atoms with E-state index in [-0.39, 0.29) is 42.6 Å². The fourth-order valence-electron chi connectivity index (χ4n) is 2.74. The van der Waals surface area contributed by atoms with Crippen LogP contribution in [0.15, 0.2) is 24.3 Å². The first-order chi connectivity index (χ1) is 10.2.